The first-order valence-electron chi connectivity index (χ1n) is 7.61. The standard InChI is InChI=1S/C16H22N4/c1-2-7-14(8-3-1)17-12-6-11-16-19-18-13-20(16)15-9-4-5-10-15/h1-3,7-8,13,15,17H,4-6,9-12H2. The normalized spacial score (nSPS) is 15.6. The van der Waals surface area contributed by atoms with Crippen molar-refractivity contribution in [1.29, 1.82) is 0 Å². The molecule has 0 atom stereocenters. The van der Waals surface area contributed by atoms with Crippen molar-refractivity contribution >= 4 is 5.69 Å². The van der Waals surface area contributed by atoms with Crippen molar-refractivity contribution in [2.24, 2.45) is 0 Å². The lowest BCUT2D eigenvalue weighted by Gasteiger charge is -2.13. The summed E-state index contributed by atoms with van der Waals surface area (Å²) in [6.07, 6.45) is 9.25. The predicted octanol–water partition coefficient (Wildman–Crippen LogP) is 3.44. The van der Waals surface area contributed by atoms with E-state index in [4.69, 9.17) is 0 Å². The Morgan fingerprint density at radius 2 is 1.95 bits per heavy atom. The number of aryl methyl sites for hydroxylation is 1. The smallest absolute Gasteiger partial charge is 0.133 e. The fraction of sp³-hybridized carbons (Fsp3) is 0.500. The fourth-order valence-electron chi connectivity index (χ4n) is 2.97. The summed E-state index contributed by atoms with van der Waals surface area (Å²) < 4.78 is 2.30. The lowest BCUT2D eigenvalue weighted by atomic mass is 10.2. The van der Waals surface area contributed by atoms with Gasteiger partial charge in [0, 0.05) is 24.7 Å². The van der Waals surface area contributed by atoms with E-state index in [1.54, 1.807) is 0 Å². The Bertz CT molecular complexity index is 514. The monoisotopic (exact) mass is 270 g/mol. The van der Waals surface area contributed by atoms with E-state index in [9.17, 15) is 0 Å². The molecule has 1 aliphatic rings. The number of anilines is 1. The van der Waals surface area contributed by atoms with E-state index in [1.807, 2.05) is 12.4 Å². The van der Waals surface area contributed by atoms with Gasteiger partial charge >= 0.3 is 0 Å². The minimum absolute atomic E-state index is 0.641. The zero-order valence-corrected chi connectivity index (χ0v) is 11.8. The lowest BCUT2D eigenvalue weighted by molar-refractivity contribution is 0.494. The van der Waals surface area contributed by atoms with E-state index >= 15 is 0 Å². The van der Waals surface area contributed by atoms with Crippen LogP contribution in [0.2, 0.25) is 0 Å². The van der Waals surface area contributed by atoms with E-state index in [-0.39, 0.29) is 0 Å². The van der Waals surface area contributed by atoms with Gasteiger partial charge in [0.2, 0.25) is 0 Å². The van der Waals surface area contributed by atoms with Gasteiger partial charge in [-0.2, -0.15) is 0 Å². The molecule has 20 heavy (non-hydrogen) atoms. The first-order chi connectivity index (χ1) is 9.93. The Kier molecular flexibility index (Phi) is 4.31. The zero-order chi connectivity index (χ0) is 13.6. The van der Waals surface area contributed by atoms with Gasteiger partial charge in [-0.3, -0.25) is 0 Å². The highest BCUT2D eigenvalue weighted by Gasteiger charge is 2.19. The molecule has 1 N–H and O–H groups in total. The summed E-state index contributed by atoms with van der Waals surface area (Å²) in [6.45, 7) is 0.974. The van der Waals surface area contributed by atoms with Gasteiger partial charge in [-0.1, -0.05) is 31.0 Å². The van der Waals surface area contributed by atoms with Crippen molar-refractivity contribution in [2.45, 2.75) is 44.6 Å². The molecule has 1 fully saturated rings. The molecular formula is C16H22N4. The highest BCUT2D eigenvalue weighted by atomic mass is 15.3. The van der Waals surface area contributed by atoms with Crippen LogP contribution in [0, 0.1) is 0 Å². The summed E-state index contributed by atoms with van der Waals surface area (Å²) in [6, 6.07) is 11.0. The highest BCUT2D eigenvalue weighted by molar-refractivity contribution is 5.42. The third-order valence-electron chi connectivity index (χ3n) is 4.05. The number of para-hydroxylation sites is 1. The molecule has 0 aliphatic heterocycles. The Morgan fingerprint density at radius 1 is 1.15 bits per heavy atom. The number of aromatic nitrogens is 3. The first kappa shape index (κ1) is 13.2. The maximum absolute atomic E-state index is 4.29. The molecule has 1 saturated carbocycles. The highest BCUT2D eigenvalue weighted by Crippen LogP contribution is 2.29. The topological polar surface area (TPSA) is 42.7 Å². The molecule has 1 aliphatic carbocycles. The van der Waals surface area contributed by atoms with Crippen LogP contribution < -0.4 is 5.32 Å². The molecule has 0 bridgehead atoms. The molecule has 1 heterocycles. The molecule has 0 amide bonds. The van der Waals surface area contributed by atoms with E-state index in [0.717, 1.165) is 25.2 Å². The van der Waals surface area contributed by atoms with Gasteiger partial charge in [-0.15, -0.1) is 10.2 Å². The summed E-state index contributed by atoms with van der Waals surface area (Å²) in [5, 5.41) is 11.8. The molecule has 4 nitrogen and oxygen atoms in total. The van der Waals surface area contributed by atoms with E-state index < -0.39 is 0 Å². The van der Waals surface area contributed by atoms with E-state index in [1.165, 1.54) is 31.4 Å². The van der Waals surface area contributed by atoms with Gasteiger partial charge in [0.1, 0.15) is 12.2 Å². The minimum atomic E-state index is 0.641. The summed E-state index contributed by atoms with van der Waals surface area (Å²) >= 11 is 0. The maximum Gasteiger partial charge on any atom is 0.133 e. The van der Waals surface area contributed by atoms with Crippen LogP contribution in [0.3, 0.4) is 0 Å². The quantitative estimate of drug-likeness (QED) is 0.818. The summed E-state index contributed by atoms with van der Waals surface area (Å²) in [5.41, 5.74) is 1.18. The average molecular weight is 270 g/mol. The molecule has 2 aromatic rings. The molecule has 0 spiro atoms. The third kappa shape index (κ3) is 3.18. The molecule has 0 unspecified atom stereocenters. The minimum Gasteiger partial charge on any atom is -0.385 e. The lowest BCUT2D eigenvalue weighted by Crippen LogP contribution is -2.10. The second-order valence-electron chi connectivity index (χ2n) is 5.49. The van der Waals surface area contributed by atoms with Gasteiger partial charge < -0.3 is 9.88 Å². The van der Waals surface area contributed by atoms with Gasteiger partial charge in [0.05, 0.1) is 0 Å². The molecule has 1 aromatic heterocycles. The van der Waals surface area contributed by atoms with Gasteiger partial charge in [0.25, 0.3) is 0 Å². The molecule has 106 valence electrons. The number of hydrogen-bond acceptors (Lipinski definition) is 3. The van der Waals surface area contributed by atoms with E-state index in [0.29, 0.717) is 6.04 Å². The van der Waals surface area contributed by atoms with Crippen molar-refractivity contribution in [2.75, 3.05) is 11.9 Å². The molecular weight excluding hydrogens is 248 g/mol. The van der Waals surface area contributed by atoms with Crippen LogP contribution in [-0.4, -0.2) is 21.3 Å². The third-order valence-corrected chi connectivity index (χ3v) is 4.05. The van der Waals surface area contributed by atoms with Crippen LogP contribution in [0.15, 0.2) is 36.7 Å². The second kappa shape index (κ2) is 6.55. The Balaban J connectivity index is 1.48. The van der Waals surface area contributed by atoms with E-state index in [2.05, 4.69) is 44.3 Å². The number of hydrogen-bond donors (Lipinski definition) is 1. The average Bonchev–Trinajstić information content (AvgIpc) is 3.15. The van der Waals surface area contributed by atoms with Crippen LogP contribution in [-0.2, 0) is 6.42 Å². The summed E-state index contributed by atoms with van der Waals surface area (Å²) in [4.78, 5) is 0. The van der Waals surface area contributed by atoms with Gasteiger partial charge in [-0.05, 0) is 31.4 Å². The van der Waals surface area contributed by atoms with Crippen molar-refractivity contribution in [3.8, 4) is 0 Å². The number of benzene rings is 1. The molecule has 3 rings (SSSR count). The molecule has 0 saturated heterocycles. The number of nitrogens with one attached hydrogen (secondary N) is 1. The van der Waals surface area contributed by atoms with Crippen molar-refractivity contribution in [3.63, 3.8) is 0 Å². The van der Waals surface area contributed by atoms with Crippen LogP contribution >= 0.6 is 0 Å². The molecule has 0 radical (unpaired) electrons. The largest absolute Gasteiger partial charge is 0.385 e. The van der Waals surface area contributed by atoms with Crippen LogP contribution in [0.25, 0.3) is 0 Å². The van der Waals surface area contributed by atoms with Crippen LogP contribution in [0.4, 0.5) is 5.69 Å². The number of nitrogens with zero attached hydrogens (tertiary/aromatic N) is 3. The molecule has 4 heteroatoms. The SMILES string of the molecule is c1ccc(NCCCc2nncn2C2CCCC2)cc1. The van der Waals surface area contributed by atoms with Gasteiger partial charge in [-0.25, -0.2) is 0 Å². The molecule has 1 aromatic carbocycles. The summed E-state index contributed by atoms with van der Waals surface area (Å²) in [5.74, 6) is 1.15. The summed E-state index contributed by atoms with van der Waals surface area (Å²) in [7, 11) is 0. The predicted molar refractivity (Wildman–Crippen MR) is 80.8 cm³/mol. The Morgan fingerprint density at radius 3 is 2.75 bits per heavy atom. The number of rotatable bonds is 6. The van der Waals surface area contributed by atoms with Crippen molar-refractivity contribution in [1.82, 2.24) is 14.8 Å². The maximum atomic E-state index is 4.29. The van der Waals surface area contributed by atoms with Gasteiger partial charge in [0.15, 0.2) is 0 Å². The first-order valence-corrected chi connectivity index (χ1v) is 7.61. The van der Waals surface area contributed by atoms with Crippen molar-refractivity contribution < 1.29 is 0 Å². The Hall–Kier alpha value is -1.84. The Labute approximate surface area is 120 Å². The van der Waals surface area contributed by atoms with Crippen molar-refractivity contribution in [3.05, 3.63) is 42.5 Å². The van der Waals surface area contributed by atoms with Crippen LogP contribution in [0.5, 0.6) is 0 Å². The zero-order valence-electron chi connectivity index (χ0n) is 11.8. The van der Waals surface area contributed by atoms with Crippen LogP contribution in [0.1, 0.15) is 44.0 Å². The second-order valence-corrected chi connectivity index (χ2v) is 5.49. The fourth-order valence-corrected chi connectivity index (χ4v) is 2.97.